The summed E-state index contributed by atoms with van der Waals surface area (Å²) in [6.07, 6.45) is 8.06. The normalized spacial score (nSPS) is 19.3. The van der Waals surface area contributed by atoms with Crippen molar-refractivity contribution >= 4 is 16.8 Å². The molecule has 1 N–H and O–H groups in total. The number of phenolic OH excluding ortho intramolecular Hbond substituents is 1. The van der Waals surface area contributed by atoms with E-state index in [1.165, 1.54) is 5.57 Å². The molecule has 0 aliphatic heterocycles. The monoisotopic (exact) mass is 342 g/mol. The Bertz CT molecular complexity index is 956. The summed E-state index contributed by atoms with van der Waals surface area (Å²) in [5, 5.41) is 30.1. The highest BCUT2D eigenvalue weighted by Gasteiger charge is 2.32. The molecule has 0 saturated carbocycles. The van der Waals surface area contributed by atoms with Crippen LogP contribution < -0.4 is 0 Å². The number of rotatable bonds is 3. The second-order valence-corrected chi connectivity index (χ2v) is 7.81. The Kier molecular flexibility index (Phi) is 4.83. The lowest BCUT2D eigenvalue weighted by atomic mass is 9.69. The average molecular weight is 342 g/mol. The standard InChI is InChI=1S/C23H22N2O/c1-23(2)12-17(10-20(13-23)21(14-24)15-25)4-3-16-5-6-19-11-22(26)8-7-18(19)9-16/h3-11,20-21,26H,12-13H2,1-2H3/b4-3+. The van der Waals surface area contributed by atoms with Gasteiger partial charge in [-0.3, -0.25) is 0 Å². The van der Waals surface area contributed by atoms with Crippen LogP contribution in [0.25, 0.3) is 16.8 Å². The van der Waals surface area contributed by atoms with Crippen molar-refractivity contribution in [1.82, 2.24) is 0 Å². The van der Waals surface area contributed by atoms with Crippen LogP contribution in [0.4, 0.5) is 0 Å². The highest BCUT2D eigenvalue weighted by molar-refractivity contribution is 5.86. The zero-order valence-corrected chi connectivity index (χ0v) is 15.1. The highest BCUT2D eigenvalue weighted by atomic mass is 16.3. The Morgan fingerprint density at radius 3 is 2.50 bits per heavy atom. The van der Waals surface area contributed by atoms with Crippen LogP contribution in [0, 0.1) is 39.9 Å². The highest BCUT2D eigenvalue weighted by Crippen LogP contribution is 2.41. The van der Waals surface area contributed by atoms with E-state index in [9.17, 15) is 15.6 Å². The summed E-state index contributed by atoms with van der Waals surface area (Å²) in [4.78, 5) is 0. The first-order valence-electron chi connectivity index (χ1n) is 8.81. The van der Waals surface area contributed by atoms with Crippen LogP contribution in [-0.4, -0.2) is 5.11 Å². The van der Waals surface area contributed by atoms with Crippen LogP contribution >= 0.6 is 0 Å². The quantitative estimate of drug-likeness (QED) is 0.791. The van der Waals surface area contributed by atoms with Gasteiger partial charge in [-0.25, -0.2) is 0 Å². The Morgan fingerprint density at radius 2 is 1.77 bits per heavy atom. The minimum Gasteiger partial charge on any atom is -0.508 e. The number of nitriles is 2. The van der Waals surface area contributed by atoms with E-state index in [0.29, 0.717) is 0 Å². The lowest BCUT2D eigenvalue weighted by molar-refractivity contribution is 0.260. The Morgan fingerprint density at radius 1 is 1.08 bits per heavy atom. The van der Waals surface area contributed by atoms with Gasteiger partial charge in [0.1, 0.15) is 11.7 Å². The van der Waals surface area contributed by atoms with Gasteiger partial charge in [0.2, 0.25) is 0 Å². The predicted molar refractivity (Wildman–Crippen MR) is 104 cm³/mol. The summed E-state index contributed by atoms with van der Waals surface area (Å²) < 4.78 is 0. The molecule has 0 amide bonds. The van der Waals surface area contributed by atoms with E-state index >= 15 is 0 Å². The Hall–Kier alpha value is -3.04. The summed E-state index contributed by atoms with van der Waals surface area (Å²) in [7, 11) is 0. The molecule has 0 bridgehead atoms. The molecular formula is C23H22N2O. The largest absolute Gasteiger partial charge is 0.508 e. The first-order chi connectivity index (χ1) is 12.4. The summed E-state index contributed by atoms with van der Waals surface area (Å²) in [5.74, 6) is -0.342. The van der Waals surface area contributed by atoms with Gasteiger partial charge in [-0.1, -0.05) is 55.8 Å². The summed E-state index contributed by atoms with van der Waals surface area (Å²) in [6.45, 7) is 4.38. The Balaban J connectivity index is 1.87. The molecule has 1 aliphatic carbocycles. The first kappa shape index (κ1) is 17.8. The van der Waals surface area contributed by atoms with E-state index in [-0.39, 0.29) is 17.1 Å². The molecule has 26 heavy (non-hydrogen) atoms. The third kappa shape index (κ3) is 3.95. The molecule has 3 rings (SSSR count). The maximum atomic E-state index is 9.57. The van der Waals surface area contributed by atoms with E-state index in [4.69, 9.17) is 0 Å². The SMILES string of the molecule is CC1(C)CC(/C=C/c2ccc3cc(O)ccc3c2)=CC(C(C#N)C#N)C1. The molecule has 0 fully saturated rings. The van der Waals surface area contributed by atoms with Crippen LogP contribution in [0.1, 0.15) is 32.3 Å². The zero-order valence-electron chi connectivity index (χ0n) is 15.1. The van der Waals surface area contributed by atoms with Crippen LogP contribution in [0.15, 0.2) is 54.1 Å². The fourth-order valence-corrected chi connectivity index (χ4v) is 3.76. The van der Waals surface area contributed by atoms with Crippen molar-refractivity contribution in [2.45, 2.75) is 26.7 Å². The molecule has 1 unspecified atom stereocenters. The molecule has 0 spiro atoms. The van der Waals surface area contributed by atoms with Crippen LogP contribution in [0.5, 0.6) is 5.75 Å². The number of phenols is 1. The minimum atomic E-state index is -0.591. The fraction of sp³-hybridized carbons (Fsp3) is 0.304. The lowest BCUT2D eigenvalue weighted by Crippen LogP contribution is -2.25. The minimum absolute atomic E-state index is 0.0204. The second-order valence-electron chi connectivity index (χ2n) is 7.81. The van der Waals surface area contributed by atoms with Gasteiger partial charge >= 0.3 is 0 Å². The molecule has 0 radical (unpaired) electrons. The third-order valence-corrected chi connectivity index (χ3v) is 4.94. The number of allylic oxidation sites excluding steroid dienone is 3. The Labute approximate surface area is 154 Å². The first-order valence-corrected chi connectivity index (χ1v) is 8.81. The van der Waals surface area contributed by atoms with Gasteiger partial charge in [0.05, 0.1) is 12.1 Å². The molecule has 130 valence electrons. The molecule has 3 nitrogen and oxygen atoms in total. The van der Waals surface area contributed by atoms with Gasteiger partial charge in [0.15, 0.2) is 0 Å². The van der Waals surface area contributed by atoms with Gasteiger partial charge in [0.25, 0.3) is 0 Å². The second kappa shape index (κ2) is 7.06. The van der Waals surface area contributed by atoms with E-state index in [0.717, 1.165) is 29.2 Å². The van der Waals surface area contributed by atoms with Crippen molar-refractivity contribution in [3.05, 3.63) is 59.7 Å². The maximum Gasteiger partial charge on any atom is 0.139 e. The predicted octanol–water partition coefficient (Wildman–Crippen LogP) is 5.58. The number of benzene rings is 2. The summed E-state index contributed by atoms with van der Waals surface area (Å²) in [5.41, 5.74) is 2.33. The maximum absolute atomic E-state index is 9.57. The molecule has 0 heterocycles. The van der Waals surface area contributed by atoms with Gasteiger partial charge < -0.3 is 5.11 Å². The van der Waals surface area contributed by atoms with Crippen LogP contribution in [0.3, 0.4) is 0 Å². The number of hydrogen-bond donors (Lipinski definition) is 1. The molecule has 1 aliphatic rings. The lowest BCUT2D eigenvalue weighted by Gasteiger charge is -2.34. The molecule has 2 aromatic rings. The van der Waals surface area contributed by atoms with Gasteiger partial charge in [-0.2, -0.15) is 10.5 Å². The molecule has 1 atom stereocenters. The van der Waals surface area contributed by atoms with E-state index < -0.39 is 5.92 Å². The number of hydrogen-bond acceptors (Lipinski definition) is 3. The molecule has 0 aromatic heterocycles. The number of aromatic hydroxyl groups is 1. The molecule has 2 aromatic carbocycles. The molecular weight excluding hydrogens is 320 g/mol. The van der Waals surface area contributed by atoms with Crippen molar-refractivity contribution in [2.75, 3.05) is 0 Å². The third-order valence-electron chi connectivity index (χ3n) is 4.94. The van der Waals surface area contributed by atoms with Crippen molar-refractivity contribution in [1.29, 1.82) is 10.5 Å². The van der Waals surface area contributed by atoms with Gasteiger partial charge in [-0.05, 0) is 52.8 Å². The van der Waals surface area contributed by atoms with E-state index in [1.807, 2.05) is 18.2 Å². The van der Waals surface area contributed by atoms with Crippen molar-refractivity contribution in [3.63, 3.8) is 0 Å². The molecule has 3 heteroatoms. The zero-order chi connectivity index (χ0) is 18.7. The number of nitrogens with zero attached hydrogens (tertiary/aromatic N) is 2. The van der Waals surface area contributed by atoms with Crippen LogP contribution in [-0.2, 0) is 0 Å². The fourth-order valence-electron chi connectivity index (χ4n) is 3.76. The van der Waals surface area contributed by atoms with Crippen molar-refractivity contribution in [3.8, 4) is 17.9 Å². The van der Waals surface area contributed by atoms with Gasteiger partial charge in [0, 0.05) is 5.92 Å². The van der Waals surface area contributed by atoms with Crippen LogP contribution in [0.2, 0.25) is 0 Å². The van der Waals surface area contributed by atoms with E-state index in [1.54, 1.807) is 12.1 Å². The van der Waals surface area contributed by atoms with E-state index in [2.05, 4.69) is 50.3 Å². The summed E-state index contributed by atoms with van der Waals surface area (Å²) >= 11 is 0. The topological polar surface area (TPSA) is 67.8 Å². The van der Waals surface area contributed by atoms with Crippen molar-refractivity contribution < 1.29 is 5.11 Å². The van der Waals surface area contributed by atoms with Crippen molar-refractivity contribution in [2.24, 2.45) is 17.3 Å². The average Bonchev–Trinajstić information content (AvgIpc) is 2.59. The van der Waals surface area contributed by atoms with Gasteiger partial charge in [-0.15, -0.1) is 0 Å². The molecule has 0 saturated heterocycles. The number of fused-ring (bicyclic) bond motifs is 1. The summed E-state index contributed by atoms with van der Waals surface area (Å²) in [6, 6.07) is 15.7. The smallest absolute Gasteiger partial charge is 0.139 e.